The minimum absolute atomic E-state index is 0.331. The average Bonchev–Trinajstić information content (AvgIpc) is 2.45. The Labute approximate surface area is 85.6 Å². The highest BCUT2D eigenvalue weighted by atomic mass is 35.5. The van der Waals surface area contributed by atoms with E-state index in [0.717, 1.165) is 10.4 Å². The van der Waals surface area contributed by atoms with Gasteiger partial charge in [0.05, 0.1) is 11.1 Å². The van der Waals surface area contributed by atoms with Gasteiger partial charge in [0, 0.05) is 11.7 Å². The van der Waals surface area contributed by atoms with E-state index in [1.165, 1.54) is 6.20 Å². The predicted octanol–water partition coefficient (Wildman–Crippen LogP) is 1.99. The molecule has 0 unspecified atom stereocenters. The van der Waals surface area contributed by atoms with Crippen molar-refractivity contribution in [3.8, 4) is 0 Å². The summed E-state index contributed by atoms with van der Waals surface area (Å²) >= 11 is 5.33. The van der Waals surface area contributed by atoms with Crippen LogP contribution in [0.5, 0.6) is 0 Å². The summed E-state index contributed by atoms with van der Waals surface area (Å²) in [5, 5.41) is 0. The first-order valence-corrected chi connectivity index (χ1v) is 4.43. The van der Waals surface area contributed by atoms with Crippen LogP contribution in [0.1, 0.15) is 20.7 Å². The zero-order valence-corrected chi connectivity index (χ0v) is 7.86. The molecule has 0 aliphatic carbocycles. The molecule has 0 radical (unpaired) electrons. The Balaban J connectivity index is 2.53. The fourth-order valence-corrected chi connectivity index (χ4v) is 1.51. The number of nitrogens with zero attached hydrogens (tertiary/aromatic N) is 1. The van der Waals surface area contributed by atoms with E-state index in [-0.39, 0.29) is 11.8 Å². The van der Waals surface area contributed by atoms with Crippen molar-refractivity contribution in [3.05, 3.63) is 47.1 Å². The molecule has 0 fully saturated rings. The maximum absolute atomic E-state index is 11.6. The van der Waals surface area contributed by atoms with E-state index < -0.39 is 0 Å². The summed E-state index contributed by atoms with van der Waals surface area (Å²) in [6.07, 6.45) is 1.26. The summed E-state index contributed by atoms with van der Waals surface area (Å²) in [6, 6.07) is 6.69. The van der Waals surface area contributed by atoms with E-state index in [9.17, 15) is 9.59 Å². The molecular weight excluding hydrogens is 202 g/mol. The lowest BCUT2D eigenvalue weighted by atomic mass is 10.1. The Kier molecular flexibility index (Phi) is 2.09. The first-order valence-electron chi connectivity index (χ1n) is 3.99. The number of hydrogen-bond acceptors (Lipinski definition) is 2. The molecule has 0 bridgehead atoms. The topological polar surface area (TPSA) is 37.4 Å². The molecule has 0 aromatic heterocycles. The molecule has 2 rings (SSSR count). The number of halogens is 1. The molecule has 0 saturated carbocycles. The molecule has 0 atom stereocenters. The molecule has 0 saturated heterocycles. The number of rotatable bonds is 1. The van der Waals surface area contributed by atoms with Crippen molar-refractivity contribution in [3.63, 3.8) is 0 Å². The second-order valence-electron chi connectivity index (χ2n) is 2.80. The molecule has 2 amide bonds. The third kappa shape index (κ3) is 1.14. The van der Waals surface area contributed by atoms with E-state index in [1.54, 1.807) is 24.3 Å². The monoisotopic (exact) mass is 207 g/mol. The zero-order chi connectivity index (χ0) is 10.1. The molecule has 0 spiro atoms. The molecule has 14 heavy (non-hydrogen) atoms. The van der Waals surface area contributed by atoms with Gasteiger partial charge in [-0.1, -0.05) is 23.7 Å². The Morgan fingerprint density at radius 1 is 1.07 bits per heavy atom. The smallest absolute Gasteiger partial charge is 0.265 e. The number of carbonyl (C=O) groups excluding carboxylic acids is 2. The highest BCUT2D eigenvalue weighted by Gasteiger charge is 2.33. The van der Waals surface area contributed by atoms with Gasteiger partial charge in [-0.15, -0.1) is 0 Å². The number of imide groups is 1. The SMILES string of the molecule is O=C1c2ccccc2C(=O)N1/C=C\Cl. The molecule has 1 aromatic rings. The van der Waals surface area contributed by atoms with Crippen molar-refractivity contribution in [1.29, 1.82) is 0 Å². The van der Waals surface area contributed by atoms with Crippen LogP contribution in [0.15, 0.2) is 36.0 Å². The van der Waals surface area contributed by atoms with Crippen LogP contribution in [0.4, 0.5) is 0 Å². The lowest BCUT2D eigenvalue weighted by molar-refractivity contribution is 0.0722. The van der Waals surface area contributed by atoms with Crippen molar-refractivity contribution in [2.75, 3.05) is 0 Å². The average molecular weight is 208 g/mol. The summed E-state index contributed by atoms with van der Waals surface area (Å²) < 4.78 is 0. The normalized spacial score (nSPS) is 15.4. The van der Waals surface area contributed by atoms with E-state index in [0.29, 0.717) is 11.1 Å². The second kappa shape index (κ2) is 3.27. The van der Waals surface area contributed by atoms with Gasteiger partial charge in [0.1, 0.15) is 0 Å². The van der Waals surface area contributed by atoms with Crippen LogP contribution in [0.2, 0.25) is 0 Å². The molecule has 1 aliphatic heterocycles. The van der Waals surface area contributed by atoms with Crippen LogP contribution >= 0.6 is 11.6 Å². The summed E-state index contributed by atoms with van der Waals surface area (Å²) in [4.78, 5) is 24.2. The molecule has 4 heteroatoms. The molecule has 1 heterocycles. The van der Waals surface area contributed by atoms with Crippen LogP contribution in [-0.4, -0.2) is 16.7 Å². The van der Waals surface area contributed by atoms with Crippen molar-refractivity contribution in [2.45, 2.75) is 0 Å². The van der Waals surface area contributed by atoms with Crippen LogP contribution in [0, 0.1) is 0 Å². The van der Waals surface area contributed by atoms with Crippen LogP contribution in [0.3, 0.4) is 0 Å². The van der Waals surface area contributed by atoms with Gasteiger partial charge in [0.2, 0.25) is 0 Å². The maximum Gasteiger partial charge on any atom is 0.265 e. The molecule has 0 N–H and O–H groups in total. The lowest BCUT2D eigenvalue weighted by Crippen LogP contribution is -2.23. The Hall–Kier alpha value is -1.61. The van der Waals surface area contributed by atoms with Crippen LogP contribution in [0.25, 0.3) is 0 Å². The van der Waals surface area contributed by atoms with Crippen LogP contribution in [-0.2, 0) is 0 Å². The highest BCUT2D eigenvalue weighted by molar-refractivity contribution is 6.26. The van der Waals surface area contributed by atoms with Gasteiger partial charge in [-0.2, -0.15) is 0 Å². The summed E-state index contributed by atoms with van der Waals surface area (Å²) in [5.74, 6) is -0.662. The lowest BCUT2D eigenvalue weighted by Gasteiger charge is -2.04. The molecule has 1 aliphatic rings. The van der Waals surface area contributed by atoms with E-state index >= 15 is 0 Å². The number of carbonyl (C=O) groups is 2. The fraction of sp³-hybridized carbons (Fsp3) is 0. The number of amides is 2. The Bertz CT molecular complexity index is 405. The van der Waals surface area contributed by atoms with Gasteiger partial charge in [-0.25, -0.2) is 4.90 Å². The molecule has 1 aromatic carbocycles. The second-order valence-corrected chi connectivity index (χ2v) is 3.05. The third-order valence-electron chi connectivity index (χ3n) is 2.03. The van der Waals surface area contributed by atoms with Crippen molar-refractivity contribution in [1.82, 2.24) is 4.90 Å². The highest BCUT2D eigenvalue weighted by Crippen LogP contribution is 2.22. The van der Waals surface area contributed by atoms with E-state index in [1.807, 2.05) is 0 Å². The Morgan fingerprint density at radius 3 is 2.00 bits per heavy atom. The standard InChI is InChI=1S/C10H6ClNO2/c11-5-6-12-9(13)7-3-1-2-4-8(7)10(12)14/h1-6H/b6-5-. The molecule has 3 nitrogen and oxygen atoms in total. The molecule has 70 valence electrons. The van der Waals surface area contributed by atoms with Crippen molar-refractivity contribution in [2.24, 2.45) is 0 Å². The number of fused-ring (bicyclic) bond motifs is 1. The first-order chi connectivity index (χ1) is 6.75. The van der Waals surface area contributed by atoms with Crippen molar-refractivity contribution >= 4 is 23.4 Å². The number of benzene rings is 1. The molecular formula is C10H6ClNO2. The zero-order valence-electron chi connectivity index (χ0n) is 7.11. The van der Waals surface area contributed by atoms with Gasteiger partial charge in [-0.05, 0) is 12.1 Å². The van der Waals surface area contributed by atoms with Gasteiger partial charge < -0.3 is 0 Å². The minimum atomic E-state index is -0.331. The van der Waals surface area contributed by atoms with Gasteiger partial charge >= 0.3 is 0 Å². The fourth-order valence-electron chi connectivity index (χ4n) is 1.40. The van der Waals surface area contributed by atoms with Gasteiger partial charge in [-0.3, -0.25) is 9.59 Å². The maximum atomic E-state index is 11.6. The minimum Gasteiger partial charge on any atom is -0.268 e. The summed E-state index contributed by atoms with van der Waals surface area (Å²) in [7, 11) is 0. The predicted molar refractivity (Wildman–Crippen MR) is 51.9 cm³/mol. The summed E-state index contributed by atoms with van der Waals surface area (Å²) in [6.45, 7) is 0. The first kappa shape index (κ1) is 8.97. The summed E-state index contributed by atoms with van der Waals surface area (Å²) in [5.41, 5.74) is 1.99. The van der Waals surface area contributed by atoms with Gasteiger partial charge in [0.25, 0.3) is 11.8 Å². The van der Waals surface area contributed by atoms with E-state index in [4.69, 9.17) is 11.6 Å². The number of hydrogen-bond donors (Lipinski definition) is 0. The van der Waals surface area contributed by atoms with Gasteiger partial charge in [0.15, 0.2) is 0 Å². The largest absolute Gasteiger partial charge is 0.268 e. The van der Waals surface area contributed by atoms with Crippen molar-refractivity contribution < 1.29 is 9.59 Å². The third-order valence-corrected chi connectivity index (χ3v) is 2.14. The van der Waals surface area contributed by atoms with E-state index in [2.05, 4.69) is 0 Å². The Morgan fingerprint density at radius 2 is 1.57 bits per heavy atom. The van der Waals surface area contributed by atoms with Crippen LogP contribution < -0.4 is 0 Å². The quantitative estimate of drug-likeness (QED) is 0.661.